The molecule has 0 spiro atoms. The molecule has 1 aromatic heterocycles. The van der Waals surface area contributed by atoms with Crippen molar-refractivity contribution < 1.29 is 14.3 Å². The van der Waals surface area contributed by atoms with Crippen LogP contribution in [0.3, 0.4) is 0 Å². The Morgan fingerprint density at radius 3 is 2.56 bits per heavy atom. The lowest BCUT2D eigenvalue weighted by atomic mass is 9.83. The molecule has 34 heavy (non-hydrogen) atoms. The van der Waals surface area contributed by atoms with E-state index >= 15 is 0 Å². The number of fused-ring (bicyclic) bond motifs is 4. The average molecular weight is 465 g/mol. The fraction of sp³-hybridized carbons (Fsp3) is 0.500. The standard InChI is InChI=1S/C26H32N4O4/c31-24(17-34-21-9-5-2-6-10-21)28-22-11-12-23-19-13-18(15-30(23)25(22)32)14-29(16-19)26(33)27-20-7-3-1-4-8-20/h2,5-6,9-12,18-20H,1,3-4,7-8,13-17H2,(H,27,33)(H,28,31)/t18-,19-/m1/s1. The minimum absolute atomic E-state index is 0.0275. The summed E-state index contributed by atoms with van der Waals surface area (Å²) in [6, 6.07) is 13.0. The number of carbonyl (C=O) groups is 2. The molecule has 2 aromatic rings. The summed E-state index contributed by atoms with van der Waals surface area (Å²) in [5.41, 5.74) is 1.01. The van der Waals surface area contributed by atoms with E-state index in [4.69, 9.17) is 4.74 Å². The van der Waals surface area contributed by atoms with Gasteiger partial charge in [0.1, 0.15) is 11.4 Å². The molecule has 2 aliphatic heterocycles. The number of hydrogen-bond donors (Lipinski definition) is 2. The van der Waals surface area contributed by atoms with Crippen molar-refractivity contribution in [3.8, 4) is 5.75 Å². The van der Waals surface area contributed by atoms with Gasteiger partial charge in [-0.1, -0.05) is 37.5 Å². The van der Waals surface area contributed by atoms with E-state index in [-0.39, 0.29) is 47.7 Å². The number of aromatic nitrogens is 1. The second kappa shape index (κ2) is 9.91. The van der Waals surface area contributed by atoms with Gasteiger partial charge >= 0.3 is 6.03 Å². The van der Waals surface area contributed by atoms with Crippen molar-refractivity contribution in [2.24, 2.45) is 5.92 Å². The van der Waals surface area contributed by atoms with Crippen LogP contribution in [0.15, 0.2) is 47.3 Å². The molecule has 3 aliphatic rings. The van der Waals surface area contributed by atoms with Gasteiger partial charge in [-0.15, -0.1) is 0 Å². The van der Waals surface area contributed by atoms with Crippen LogP contribution in [-0.4, -0.2) is 47.1 Å². The first-order valence-electron chi connectivity index (χ1n) is 12.3. The number of carbonyl (C=O) groups excluding carboxylic acids is 2. The summed E-state index contributed by atoms with van der Waals surface area (Å²) >= 11 is 0. The number of pyridine rings is 1. The van der Waals surface area contributed by atoms with Crippen LogP contribution in [0.5, 0.6) is 5.75 Å². The molecule has 0 radical (unpaired) electrons. The van der Waals surface area contributed by atoms with Gasteiger partial charge in [-0.3, -0.25) is 9.59 Å². The van der Waals surface area contributed by atoms with Gasteiger partial charge in [0.15, 0.2) is 6.61 Å². The number of para-hydroxylation sites is 1. The molecule has 5 rings (SSSR count). The molecule has 2 fully saturated rings. The smallest absolute Gasteiger partial charge is 0.317 e. The van der Waals surface area contributed by atoms with Crippen LogP contribution in [0, 0.1) is 5.92 Å². The van der Waals surface area contributed by atoms with Crippen LogP contribution >= 0.6 is 0 Å². The number of nitrogens with one attached hydrogen (secondary N) is 2. The van der Waals surface area contributed by atoms with Crippen molar-refractivity contribution >= 4 is 17.6 Å². The molecule has 2 N–H and O–H groups in total. The number of nitrogens with zero attached hydrogens (tertiary/aromatic N) is 2. The fourth-order valence-corrected chi connectivity index (χ4v) is 5.57. The molecule has 3 amide bonds. The van der Waals surface area contributed by atoms with Gasteiger partial charge in [-0.25, -0.2) is 4.79 Å². The van der Waals surface area contributed by atoms with E-state index in [9.17, 15) is 14.4 Å². The predicted molar refractivity (Wildman–Crippen MR) is 129 cm³/mol. The Bertz CT molecular complexity index is 1090. The van der Waals surface area contributed by atoms with Crippen LogP contribution in [0.1, 0.15) is 50.1 Å². The normalized spacial score (nSPS) is 21.9. The van der Waals surface area contributed by atoms with Crippen molar-refractivity contribution in [3.63, 3.8) is 0 Å². The van der Waals surface area contributed by atoms with E-state index in [2.05, 4.69) is 10.6 Å². The van der Waals surface area contributed by atoms with Crippen molar-refractivity contribution in [2.75, 3.05) is 25.0 Å². The number of urea groups is 1. The Morgan fingerprint density at radius 1 is 0.971 bits per heavy atom. The van der Waals surface area contributed by atoms with Crippen molar-refractivity contribution in [3.05, 3.63) is 58.5 Å². The number of benzene rings is 1. The lowest BCUT2D eigenvalue weighted by Gasteiger charge is -2.43. The van der Waals surface area contributed by atoms with Gasteiger partial charge in [-0.2, -0.15) is 0 Å². The fourth-order valence-electron chi connectivity index (χ4n) is 5.57. The highest BCUT2D eigenvalue weighted by Crippen LogP contribution is 2.35. The summed E-state index contributed by atoms with van der Waals surface area (Å²) < 4.78 is 7.26. The Kier molecular flexibility index (Phi) is 6.56. The number of anilines is 1. The average Bonchev–Trinajstić information content (AvgIpc) is 2.86. The summed E-state index contributed by atoms with van der Waals surface area (Å²) in [6.45, 7) is 1.66. The molecule has 2 bridgehead atoms. The zero-order valence-electron chi connectivity index (χ0n) is 19.4. The third kappa shape index (κ3) is 4.95. The van der Waals surface area contributed by atoms with E-state index in [1.165, 1.54) is 19.3 Å². The summed E-state index contributed by atoms with van der Waals surface area (Å²) in [7, 11) is 0. The lowest BCUT2D eigenvalue weighted by molar-refractivity contribution is -0.118. The second-order valence-corrected chi connectivity index (χ2v) is 9.73. The minimum atomic E-state index is -0.372. The maximum Gasteiger partial charge on any atom is 0.317 e. The maximum absolute atomic E-state index is 13.1. The molecule has 1 saturated heterocycles. The third-order valence-electron chi connectivity index (χ3n) is 7.21. The van der Waals surface area contributed by atoms with Crippen LogP contribution in [0.25, 0.3) is 0 Å². The van der Waals surface area contributed by atoms with Gasteiger partial charge in [0.2, 0.25) is 0 Å². The van der Waals surface area contributed by atoms with E-state index in [1.54, 1.807) is 22.8 Å². The Labute approximate surface area is 199 Å². The monoisotopic (exact) mass is 464 g/mol. The Balaban J connectivity index is 1.23. The first kappa shape index (κ1) is 22.5. The quantitative estimate of drug-likeness (QED) is 0.710. The summed E-state index contributed by atoms with van der Waals surface area (Å²) in [5.74, 6) is 0.588. The Hall–Kier alpha value is -3.29. The van der Waals surface area contributed by atoms with Crippen molar-refractivity contribution in [1.29, 1.82) is 0 Å². The highest BCUT2D eigenvalue weighted by Gasteiger charge is 2.37. The van der Waals surface area contributed by atoms with Crippen LogP contribution in [0.4, 0.5) is 10.5 Å². The van der Waals surface area contributed by atoms with Crippen molar-refractivity contribution in [2.45, 2.75) is 57.0 Å². The number of amides is 3. The first-order chi connectivity index (χ1) is 16.6. The van der Waals surface area contributed by atoms with Crippen LogP contribution in [0.2, 0.25) is 0 Å². The molecular formula is C26H32N4O4. The molecule has 3 heterocycles. The maximum atomic E-state index is 13.1. The molecule has 8 heteroatoms. The molecule has 1 aromatic carbocycles. The summed E-state index contributed by atoms with van der Waals surface area (Å²) in [5, 5.41) is 5.92. The second-order valence-electron chi connectivity index (χ2n) is 9.73. The molecule has 0 unspecified atom stereocenters. The number of rotatable bonds is 5. The summed E-state index contributed by atoms with van der Waals surface area (Å²) in [6.07, 6.45) is 6.73. The third-order valence-corrected chi connectivity index (χ3v) is 7.21. The van der Waals surface area contributed by atoms with E-state index < -0.39 is 0 Å². The molecule has 1 saturated carbocycles. The SMILES string of the molecule is O=C(COc1ccccc1)Nc1ccc2n(c1=O)C[C@@H]1C[C@@H]2CN(C(=O)NC2CCCCC2)C1. The van der Waals surface area contributed by atoms with Gasteiger partial charge in [0.25, 0.3) is 11.5 Å². The number of hydrogen-bond acceptors (Lipinski definition) is 4. The van der Waals surface area contributed by atoms with Crippen LogP contribution in [-0.2, 0) is 11.3 Å². The van der Waals surface area contributed by atoms with E-state index in [1.807, 2.05) is 29.2 Å². The molecular weight excluding hydrogens is 432 g/mol. The summed E-state index contributed by atoms with van der Waals surface area (Å²) in [4.78, 5) is 40.3. The highest BCUT2D eigenvalue weighted by atomic mass is 16.5. The number of piperidine rings is 1. The van der Waals surface area contributed by atoms with Gasteiger partial charge in [0.05, 0.1) is 0 Å². The lowest BCUT2D eigenvalue weighted by Crippen LogP contribution is -2.53. The predicted octanol–water partition coefficient (Wildman–Crippen LogP) is 3.33. The molecule has 1 aliphatic carbocycles. The molecule has 180 valence electrons. The van der Waals surface area contributed by atoms with Gasteiger partial charge in [-0.05, 0) is 49.4 Å². The number of ether oxygens (including phenoxy) is 1. The van der Waals surface area contributed by atoms with Gasteiger partial charge < -0.3 is 24.8 Å². The van der Waals surface area contributed by atoms with Gasteiger partial charge in [0, 0.05) is 37.3 Å². The van der Waals surface area contributed by atoms with Crippen LogP contribution < -0.4 is 20.9 Å². The highest BCUT2D eigenvalue weighted by molar-refractivity contribution is 5.91. The number of likely N-dealkylation sites (tertiary alicyclic amines) is 1. The topological polar surface area (TPSA) is 92.7 Å². The first-order valence-corrected chi connectivity index (χ1v) is 12.3. The zero-order chi connectivity index (χ0) is 23.5. The van der Waals surface area contributed by atoms with Crippen molar-refractivity contribution in [1.82, 2.24) is 14.8 Å². The molecule has 2 atom stereocenters. The van der Waals surface area contributed by atoms with E-state index in [0.717, 1.165) is 25.0 Å². The largest absolute Gasteiger partial charge is 0.484 e. The Morgan fingerprint density at radius 2 is 1.76 bits per heavy atom. The minimum Gasteiger partial charge on any atom is -0.484 e. The molecule has 8 nitrogen and oxygen atoms in total. The zero-order valence-corrected chi connectivity index (χ0v) is 19.4. The van der Waals surface area contributed by atoms with E-state index in [0.29, 0.717) is 25.4 Å².